The lowest BCUT2D eigenvalue weighted by molar-refractivity contribution is 0.224. The summed E-state index contributed by atoms with van der Waals surface area (Å²) in [6, 6.07) is 16.4. The van der Waals surface area contributed by atoms with Crippen LogP contribution in [0.2, 0.25) is 0 Å². The van der Waals surface area contributed by atoms with Crippen LogP contribution in [0.3, 0.4) is 0 Å². The highest BCUT2D eigenvalue weighted by Gasteiger charge is 2.18. The maximum Gasteiger partial charge on any atom is 0.128 e. The lowest BCUT2D eigenvalue weighted by Crippen LogP contribution is -2.14. The molecule has 32 heavy (non-hydrogen) atoms. The summed E-state index contributed by atoms with van der Waals surface area (Å²) in [5.74, 6) is 0.296. The van der Waals surface area contributed by atoms with E-state index in [-0.39, 0.29) is 5.82 Å². The van der Waals surface area contributed by atoms with E-state index in [1.165, 1.54) is 18.6 Å². The molecule has 0 spiro atoms. The van der Waals surface area contributed by atoms with Gasteiger partial charge in [-0.15, -0.1) is 0 Å². The number of benzene rings is 1. The molecular formula is C26H31FN4O. The summed E-state index contributed by atoms with van der Waals surface area (Å²) in [6.07, 6.45) is 4.16. The molecule has 0 bridgehead atoms. The number of aliphatic hydroxyl groups is 1. The lowest BCUT2D eigenvalue weighted by Gasteiger charge is -2.10. The van der Waals surface area contributed by atoms with Gasteiger partial charge >= 0.3 is 0 Å². The number of nitrogens with one attached hydrogen (secondary N) is 1. The van der Waals surface area contributed by atoms with E-state index < -0.39 is 6.23 Å². The van der Waals surface area contributed by atoms with Crippen LogP contribution in [0.15, 0.2) is 60.8 Å². The molecule has 4 rings (SSSR count). The zero-order valence-electron chi connectivity index (χ0n) is 19.1. The van der Waals surface area contributed by atoms with Gasteiger partial charge in [0.15, 0.2) is 0 Å². The van der Waals surface area contributed by atoms with Gasteiger partial charge in [-0.05, 0) is 67.4 Å². The van der Waals surface area contributed by atoms with E-state index in [0.29, 0.717) is 5.82 Å². The minimum absolute atomic E-state index is 0.280. The molecule has 3 aromatic heterocycles. The highest BCUT2D eigenvalue weighted by Crippen LogP contribution is 2.36. The molecule has 6 heteroatoms. The van der Waals surface area contributed by atoms with Crippen molar-refractivity contribution in [1.82, 2.24) is 14.6 Å². The van der Waals surface area contributed by atoms with Gasteiger partial charge in [0.05, 0.1) is 5.52 Å². The van der Waals surface area contributed by atoms with Gasteiger partial charge in [0.2, 0.25) is 0 Å². The first-order valence-electron chi connectivity index (χ1n) is 11.2. The number of rotatable bonds is 6. The minimum Gasteiger partial charge on any atom is -0.374 e. The molecule has 0 fully saturated rings. The SMILES string of the molecule is CCC.CCCc1cccc2c(-c3ccnc(NC(C)O)c3)c(-c3ccc(F)cc3)nn12. The van der Waals surface area contributed by atoms with Crippen LogP contribution < -0.4 is 5.32 Å². The fourth-order valence-electron chi connectivity index (χ4n) is 3.54. The smallest absolute Gasteiger partial charge is 0.128 e. The molecule has 0 aliphatic heterocycles. The largest absolute Gasteiger partial charge is 0.374 e. The molecule has 0 saturated carbocycles. The molecule has 0 radical (unpaired) electrons. The van der Waals surface area contributed by atoms with Crippen molar-refractivity contribution in [2.24, 2.45) is 0 Å². The molecule has 0 aliphatic carbocycles. The third-order valence-corrected chi connectivity index (χ3v) is 4.77. The Labute approximate surface area is 189 Å². The van der Waals surface area contributed by atoms with E-state index in [2.05, 4.69) is 37.1 Å². The highest BCUT2D eigenvalue weighted by molar-refractivity contribution is 5.92. The molecule has 0 saturated heterocycles. The van der Waals surface area contributed by atoms with Crippen LogP contribution in [0, 0.1) is 5.82 Å². The molecule has 2 N–H and O–H groups in total. The van der Waals surface area contributed by atoms with E-state index in [4.69, 9.17) is 5.10 Å². The molecule has 168 valence electrons. The third-order valence-electron chi connectivity index (χ3n) is 4.77. The minimum atomic E-state index is -0.714. The maximum atomic E-state index is 13.5. The van der Waals surface area contributed by atoms with Gasteiger partial charge in [-0.25, -0.2) is 13.9 Å². The number of aliphatic hydroxyl groups excluding tert-OH is 1. The van der Waals surface area contributed by atoms with Gasteiger partial charge in [-0.3, -0.25) is 0 Å². The number of nitrogens with zero attached hydrogens (tertiary/aromatic N) is 3. The van der Waals surface area contributed by atoms with Gasteiger partial charge in [0.25, 0.3) is 0 Å². The summed E-state index contributed by atoms with van der Waals surface area (Å²) in [6.45, 7) is 8.03. The predicted octanol–water partition coefficient (Wildman–Crippen LogP) is 6.32. The standard InChI is InChI=1S/C23H23FN4O.C3H8/c1-3-5-19-6-4-7-20-22(17-12-13-25-21(14-17)26-15(2)29)23(27-28(19)20)16-8-10-18(24)11-9-16;1-3-2/h4,6-15,29H,3,5H2,1-2H3,(H,25,26);3H2,1-2H3. The summed E-state index contributed by atoms with van der Waals surface area (Å²) in [7, 11) is 0. The average Bonchev–Trinajstić information content (AvgIpc) is 3.15. The Morgan fingerprint density at radius 2 is 1.75 bits per heavy atom. The number of anilines is 1. The zero-order chi connectivity index (χ0) is 23.1. The van der Waals surface area contributed by atoms with Gasteiger partial charge < -0.3 is 10.4 Å². The molecule has 3 heterocycles. The number of hydrogen-bond acceptors (Lipinski definition) is 4. The average molecular weight is 435 g/mol. The van der Waals surface area contributed by atoms with E-state index in [9.17, 15) is 9.50 Å². The van der Waals surface area contributed by atoms with Crippen LogP contribution in [0.4, 0.5) is 10.2 Å². The van der Waals surface area contributed by atoms with Crippen molar-refractivity contribution in [3.8, 4) is 22.4 Å². The Bertz CT molecular complexity index is 1150. The Kier molecular flexibility index (Phi) is 7.95. The van der Waals surface area contributed by atoms with Gasteiger partial charge in [-0.1, -0.05) is 39.7 Å². The molecule has 5 nitrogen and oxygen atoms in total. The number of aryl methyl sites for hydroxylation is 1. The van der Waals surface area contributed by atoms with Crippen molar-refractivity contribution in [2.45, 2.75) is 53.2 Å². The van der Waals surface area contributed by atoms with E-state index in [0.717, 1.165) is 46.4 Å². The second-order valence-corrected chi connectivity index (χ2v) is 7.75. The fourth-order valence-corrected chi connectivity index (χ4v) is 3.54. The fraction of sp³-hybridized carbons (Fsp3) is 0.308. The van der Waals surface area contributed by atoms with Crippen LogP contribution in [0.25, 0.3) is 27.9 Å². The summed E-state index contributed by atoms with van der Waals surface area (Å²) in [5.41, 5.74) is 5.59. The van der Waals surface area contributed by atoms with Crippen molar-refractivity contribution in [1.29, 1.82) is 0 Å². The first-order chi connectivity index (χ1) is 15.5. The topological polar surface area (TPSA) is 62.5 Å². The Balaban J connectivity index is 0.000000913. The molecule has 0 aliphatic rings. The summed E-state index contributed by atoms with van der Waals surface area (Å²) >= 11 is 0. The Morgan fingerprint density at radius 3 is 2.41 bits per heavy atom. The number of halogens is 1. The second kappa shape index (κ2) is 10.9. The number of aromatic nitrogens is 3. The lowest BCUT2D eigenvalue weighted by atomic mass is 10.00. The van der Waals surface area contributed by atoms with E-state index in [1.54, 1.807) is 25.3 Å². The van der Waals surface area contributed by atoms with Crippen LogP contribution >= 0.6 is 0 Å². The predicted molar refractivity (Wildman–Crippen MR) is 129 cm³/mol. The van der Waals surface area contributed by atoms with Crippen LogP contribution in [-0.2, 0) is 6.42 Å². The van der Waals surface area contributed by atoms with Crippen LogP contribution in [-0.4, -0.2) is 25.9 Å². The van der Waals surface area contributed by atoms with E-state index in [1.807, 2.05) is 28.8 Å². The Morgan fingerprint density at radius 1 is 1.03 bits per heavy atom. The van der Waals surface area contributed by atoms with Crippen LogP contribution in [0.1, 0.15) is 46.2 Å². The zero-order valence-corrected chi connectivity index (χ0v) is 19.1. The van der Waals surface area contributed by atoms with Crippen molar-refractivity contribution in [3.05, 3.63) is 72.3 Å². The molecule has 1 atom stereocenters. The maximum absolute atomic E-state index is 13.5. The van der Waals surface area contributed by atoms with Crippen molar-refractivity contribution in [2.75, 3.05) is 5.32 Å². The van der Waals surface area contributed by atoms with Gasteiger partial charge in [-0.2, -0.15) is 5.10 Å². The van der Waals surface area contributed by atoms with Crippen molar-refractivity contribution < 1.29 is 9.50 Å². The molecule has 4 aromatic rings. The normalized spacial score (nSPS) is 11.7. The van der Waals surface area contributed by atoms with Crippen LogP contribution in [0.5, 0.6) is 0 Å². The molecule has 0 amide bonds. The number of pyridine rings is 2. The Hall–Kier alpha value is -3.25. The third kappa shape index (κ3) is 5.32. The molecular weight excluding hydrogens is 403 g/mol. The first kappa shape index (κ1) is 23.4. The quantitative estimate of drug-likeness (QED) is 0.349. The van der Waals surface area contributed by atoms with Gasteiger partial charge in [0, 0.05) is 23.0 Å². The second-order valence-electron chi connectivity index (χ2n) is 7.75. The van der Waals surface area contributed by atoms with Crippen molar-refractivity contribution in [3.63, 3.8) is 0 Å². The molecule has 1 unspecified atom stereocenters. The summed E-state index contributed by atoms with van der Waals surface area (Å²) in [4.78, 5) is 4.28. The monoisotopic (exact) mass is 434 g/mol. The van der Waals surface area contributed by atoms with Crippen molar-refractivity contribution >= 4 is 11.3 Å². The molecule has 1 aromatic carbocycles. The summed E-state index contributed by atoms with van der Waals surface area (Å²) in [5, 5.41) is 17.5. The number of fused-ring (bicyclic) bond motifs is 1. The summed E-state index contributed by atoms with van der Waals surface area (Å²) < 4.78 is 15.5. The number of hydrogen-bond donors (Lipinski definition) is 2. The van der Waals surface area contributed by atoms with Gasteiger partial charge in [0.1, 0.15) is 23.6 Å². The first-order valence-corrected chi connectivity index (χ1v) is 11.2. The van der Waals surface area contributed by atoms with E-state index >= 15 is 0 Å². The highest BCUT2D eigenvalue weighted by atomic mass is 19.1.